The van der Waals surface area contributed by atoms with Crippen molar-refractivity contribution in [3.8, 4) is 0 Å². The van der Waals surface area contributed by atoms with E-state index in [1.807, 2.05) is 26.0 Å². The van der Waals surface area contributed by atoms with Gasteiger partial charge in [-0.25, -0.2) is 0 Å². The van der Waals surface area contributed by atoms with E-state index in [1.165, 1.54) is 0 Å². The van der Waals surface area contributed by atoms with Crippen LogP contribution in [0.2, 0.25) is 0 Å². The topological polar surface area (TPSA) is 42.0 Å². The van der Waals surface area contributed by atoms with Gasteiger partial charge in [-0.2, -0.15) is 0 Å². The fourth-order valence-electron chi connectivity index (χ4n) is 1.41. The Kier molecular flexibility index (Phi) is 4.93. The van der Waals surface area contributed by atoms with Gasteiger partial charge in [-0.05, 0) is 32.4 Å². The van der Waals surface area contributed by atoms with E-state index < -0.39 is 0 Å². The van der Waals surface area contributed by atoms with E-state index in [0.29, 0.717) is 16.9 Å². The molecule has 1 rings (SSSR count). The second kappa shape index (κ2) is 5.99. The van der Waals surface area contributed by atoms with Crippen molar-refractivity contribution in [2.75, 3.05) is 6.54 Å². The summed E-state index contributed by atoms with van der Waals surface area (Å²) in [5, 5.41) is 2.88. The summed E-state index contributed by atoms with van der Waals surface area (Å²) in [4.78, 5) is 16.5. The smallest absolute Gasteiger partial charge is 0.253 e. The van der Waals surface area contributed by atoms with E-state index in [1.54, 1.807) is 0 Å². The summed E-state index contributed by atoms with van der Waals surface area (Å²) in [6, 6.07) is 3.68. The molecule has 1 amide bonds. The molecule has 1 N–H and O–H groups in total. The van der Waals surface area contributed by atoms with Crippen LogP contribution in [0.4, 0.5) is 0 Å². The molecule has 0 aromatic carbocycles. The first-order valence-corrected chi connectivity index (χ1v) is 6.29. The molecule has 0 spiro atoms. The molecule has 1 atom stereocenters. The van der Waals surface area contributed by atoms with Crippen molar-refractivity contribution in [3.05, 3.63) is 29.1 Å². The number of pyridine rings is 1. The van der Waals surface area contributed by atoms with Gasteiger partial charge < -0.3 is 5.32 Å². The van der Waals surface area contributed by atoms with E-state index in [2.05, 4.69) is 33.2 Å². The van der Waals surface area contributed by atoms with E-state index in [-0.39, 0.29) is 5.91 Å². The number of aromatic nitrogens is 1. The van der Waals surface area contributed by atoms with Crippen LogP contribution in [0.25, 0.3) is 0 Å². The van der Waals surface area contributed by atoms with Gasteiger partial charge in [-0.3, -0.25) is 9.78 Å². The average Bonchev–Trinajstić information content (AvgIpc) is 2.16. The Hall–Kier alpha value is -0.900. The van der Waals surface area contributed by atoms with Gasteiger partial charge in [0, 0.05) is 17.1 Å². The summed E-state index contributed by atoms with van der Waals surface area (Å²) < 4.78 is 0. The minimum Gasteiger partial charge on any atom is -0.352 e. The summed E-state index contributed by atoms with van der Waals surface area (Å²) in [5.41, 5.74) is 2.38. The van der Waals surface area contributed by atoms with E-state index >= 15 is 0 Å². The molecule has 1 aromatic heterocycles. The third-order valence-electron chi connectivity index (χ3n) is 2.30. The van der Waals surface area contributed by atoms with Crippen LogP contribution >= 0.6 is 15.9 Å². The highest BCUT2D eigenvalue weighted by molar-refractivity contribution is 9.09. The number of amides is 1. The van der Waals surface area contributed by atoms with Crippen LogP contribution in [0.15, 0.2) is 12.1 Å². The maximum atomic E-state index is 11.8. The molecule has 1 aromatic rings. The lowest BCUT2D eigenvalue weighted by Gasteiger charge is -2.08. The van der Waals surface area contributed by atoms with Crippen molar-refractivity contribution in [1.29, 1.82) is 0 Å². The largest absolute Gasteiger partial charge is 0.352 e. The van der Waals surface area contributed by atoms with Crippen LogP contribution in [0, 0.1) is 13.8 Å². The van der Waals surface area contributed by atoms with Gasteiger partial charge in [0.2, 0.25) is 0 Å². The molecule has 0 fully saturated rings. The van der Waals surface area contributed by atoms with Crippen molar-refractivity contribution in [3.63, 3.8) is 0 Å². The third kappa shape index (κ3) is 3.93. The number of carbonyl (C=O) groups excluding carboxylic acids is 1. The molecule has 0 saturated carbocycles. The number of hydrogen-bond acceptors (Lipinski definition) is 2. The first-order chi connectivity index (χ1) is 7.50. The predicted octanol–water partition coefficient (Wildman–Crippen LogP) is 2.60. The standard InChI is InChI=1S/C12H17BrN2O/c1-8(13)6-7-14-12(16)11-5-4-9(2)15-10(11)3/h4-5,8H,6-7H2,1-3H3,(H,14,16). The van der Waals surface area contributed by atoms with Crippen LogP contribution in [0.3, 0.4) is 0 Å². The molecule has 0 saturated heterocycles. The molecule has 0 radical (unpaired) electrons. The maximum Gasteiger partial charge on any atom is 0.253 e. The SMILES string of the molecule is Cc1ccc(C(=O)NCCC(C)Br)c(C)n1. The lowest BCUT2D eigenvalue weighted by atomic mass is 10.1. The summed E-state index contributed by atoms with van der Waals surface area (Å²) in [6.45, 7) is 6.51. The number of rotatable bonds is 4. The average molecular weight is 285 g/mol. The lowest BCUT2D eigenvalue weighted by Crippen LogP contribution is -2.26. The second-order valence-corrected chi connectivity index (χ2v) is 5.47. The maximum absolute atomic E-state index is 11.8. The highest BCUT2D eigenvalue weighted by Crippen LogP contribution is 2.07. The Morgan fingerprint density at radius 2 is 2.19 bits per heavy atom. The minimum atomic E-state index is -0.0434. The number of aryl methyl sites for hydroxylation is 2. The number of carbonyl (C=O) groups is 1. The summed E-state index contributed by atoms with van der Waals surface area (Å²) in [7, 11) is 0. The van der Waals surface area contributed by atoms with Crippen molar-refractivity contribution in [1.82, 2.24) is 10.3 Å². The van der Waals surface area contributed by atoms with Crippen LogP contribution in [-0.2, 0) is 0 Å². The second-order valence-electron chi connectivity index (χ2n) is 3.91. The zero-order valence-corrected chi connectivity index (χ0v) is 11.5. The Bertz CT molecular complexity index is 377. The number of nitrogens with one attached hydrogen (secondary N) is 1. The molecule has 0 aliphatic heterocycles. The lowest BCUT2D eigenvalue weighted by molar-refractivity contribution is 0.0952. The molecule has 0 aliphatic carbocycles. The van der Waals surface area contributed by atoms with E-state index in [9.17, 15) is 4.79 Å². The molecular weight excluding hydrogens is 268 g/mol. The van der Waals surface area contributed by atoms with Crippen LogP contribution in [0.5, 0.6) is 0 Å². The zero-order valence-electron chi connectivity index (χ0n) is 9.88. The molecule has 4 heteroatoms. The van der Waals surface area contributed by atoms with Crippen LogP contribution in [-0.4, -0.2) is 22.3 Å². The van der Waals surface area contributed by atoms with Gasteiger partial charge >= 0.3 is 0 Å². The van der Waals surface area contributed by atoms with Gasteiger partial charge in [0.25, 0.3) is 5.91 Å². The molecule has 16 heavy (non-hydrogen) atoms. The van der Waals surface area contributed by atoms with E-state index in [4.69, 9.17) is 0 Å². The van der Waals surface area contributed by atoms with Crippen molar-refractivity contribution in [2.24, 2.45) is 0 Å². The molecule has 1 heterocycles. The Balaban J connectivity index is 2.59. The van der Waals surface area contributed by atoms with E-state index in [0.717, 1.165) is 17.8 Å². The zero-order chi connectivity index (χ0) is 12.1. The van der Waals surface area contributed by atoms with Crippen molar-refractivity contribution >= 4 is 21.8 Å². The Morgan fingerprint density at radius 3 is 2.75 bits per heavy atom. The summed E-state index contributed by atoms with van der Waals surface area (Å²) in [5.74, 6) is -0.0434. The third-order valence-corrected chi connectivity index (χ3v) is 2.76. The highest BCUT2D eigenvalue weighted by atomic mass is 79.9. The number of hydrogen-bond donors (Lipinski definition) is 1. The molecule has 0 bridgehead atoms. The van der Waals surface area contributed by atoms with Crippen molar-refractivity contribution < 1.29 is 4.79 Å². The van der Waals surface area contributed by atoms with Gasteiger partial charge in [0.1, 0.15) is 0 Å². The van der Waals surface area contributed by atoms with Crippen LogP contribution < -0.4 is 5.32 Å². The number of alkyl halides is 1. The van der Waals surface area contributed by atoms with Crippen LogP contribution in [0.1, 0.15) is 35.1 Å². The van der Waals surface area contributed by atoms with Gasteiger partial charge in [-0.1, -0.05) is 22.9 Å². The Labute approximate surface area is 105 Å². The normalized spacial score (nSPS) is 12.2. The quantitative estimate of drug-likeness (QED) is 0.864. The molecule has 88 valence electrons. The van der Waals surface area contributed by atoms with Crippen molar-refractivity contribution in [2.45, 2.75) is 32.0 Å². The molecule has 1 unspecified atom stereocenters. The fraction of sp³-hybridized carbons (Fsp3) is 0.500. The first kappa shape index (κ1) is 13.2. The first-order valence-electron chi connectivity index (χ1n) is 5.37. The fourth-order valence-corrected chi connectivity index (χ4v) is 1.64. The summed E-state index contributed by atoms with van der Waals surface area (Å²) >= 11 is 3.44. The molecular formula is C12H17BrN2O. The molecule has 0 aliphatic rings. The number of halogens is 1. The number of nitrogens with zero attached hydrogens (tertiary/aromatic N) is 1. The van der Waals surface area contributed by atoms with Gasteiger partial charge in [0.15, 0.2) is 0 Å². The predicted molar refractivity (Wildman–Crippen MR) is 69.1 cm³/mol. The minimum absolute atomic E-state index is 0.0434. The summed E-state index contributed by atoms with van der Waals surface area (Å²) in [6.07, 6.45) is 0.921. The highest BCUT2D eigenvalue weighted by Gasteiger charge is 2.09. The van der Waals surface area contributed by atoms with Gasteiger partial charge in [0.05, 0.1) is 11.3 Å². The Morgan fingerprint density at radius 1 is 1.50 bits per heavy atom. The monoisotopic (exact) mass is 284 g/mol. The van der Waals surface area contributed by atoms with Gasteiger partial charge in [-0.15, -0.1) is 0 Å². The molecule has 3 nitrogen and oxygen atoms in total.